The lowest BCUT2D eigenvalue weighted by Gasteiger charge is -2.31. The van der Waals surface area contributed by atoms with E-state index in [-0.39, 0.29) is 16.2 Å². The molecular formula is C42H40S. The van der Waals surface area contributed by atoms with Crippen molar-refractivity contribution in [1.29, 1.82) is 0 Å². The maximum Gasteiger partial charge on any atom is 0.0443 e. The third kappa shape index (κ3) is 3.55. The fourth-order valence-corrected chi connectivity index (χ4v) is 9.50. The van der Waals surface area contributed by atoms with Gasteiger partial charge in [-0.25, -0.2) is 0 Å². The van der Waals surface area contributed by atoms with Crippen molar-refractivity contribution in [2.75, 3.05) is 0 Å². The van der Waals surface area contributed by atoms with Gasteiger partial charge in [0.1, 0.15) is 0 Å². The Morgan fingerprint density at radius 2 is 1.19 bits per heavy atom. The van der Waals surface area contributed by atoms with Crippen molar-refractivity contribution in [1.82, 2.24) is 0 Å². The summed E-state index contributed by atoms with van der Waals surface area (Å²) >= 11 is 2.00. The fraction of sp³-hybridized carbons (Fsp3) is 0.286. The minimum atomic E-state index is -0.0785. The van der Waals surface area contributed by atoms with Crippen LogP contribution >= 0.6 is 11.3 Å². The highest BCUT2D eigenvalue weighted by Crippen LogP contribution is 2.64. The molecule has 2 aliphatic carbocycles. The molecule has 0 aliphatic heterocycles. The van der Waals surface area contributed by atoms with Crippen LogP contribution in [0.5, 0.6) is 0 Å². The maximum absolute atomic E-state index is 2.46. The Balaban J connectivity index is 1.51. The molecule has 1 aromatic heterocycles. The first kappa shape index (κ1) is 26.9. The SMILES string of the molecule is Cc1ccc2c(c1)C(C)(C)c1c3c(c4c(sc5cc(-c6cccc(C(C)(C)C)c6)ccc54)c1-2)-c1ccc(C)cc1C3(C)C. The van der Waals surface area contributed by atoms with E-state index in [1.54, 1.807) is 5.56 Å². The molecule has 5 aromatic carbocycles. The van der Waals surface area contributed by atoms with Crippen molar-refractivity contribution < 1.29 is 0 Å². The molecule has 214 valence electrons. The molecule has 0 nitrogen and oxygen atoms in total. The lowest BCUT2D eigenvalue weighted by molar-refractivity contribution is 0.590. The summed E-state index contributed by atoms with van der Waals surface area (Å²) < 4.78 is 2.82. The van der Waals surface area contributed by atoms with Crippen molar-refractivity contribution in [3.05, 3.63) is 118 Å². The highest BCUT2D eigenvalue weighted by molar-refractivity contribution is 7.26. The van der Waals surface area contributed by atoms with Crippen LogP contribution in [0.15, 0.2) is 78.9 Å². The summed E-state index contributed by atoms with van der Waals surface area (Å²) in [5, 5.41) is 2.83. The second-order valence-electron chi connectivity index (χ2n) is 15.2. The summed E-state index contributed by atoms with van der Waals surface area (Å²) in [6.07, 6.45) is 0. The van der Waals surface area contributed by atoms with Crippen LogP contribution in [0.25, 0.3) is 53.6 Å². The van der Waals surface area contributed by atoms with Gasteiger partial charge in [0.15, 0.2) is 0 Å². The van der Waals surface area contributed by atoms with E-state index >= 15 is 0 Å². The van der Waals surface area contributed by atoms with Gasteiger partial charge in [-0.15, -0.1) is 11.3 Å². The van der Waals surface area contributed by atoms with Gasteiger partial charge in [-0.3, -0.25) is 0 Å². The third-order valence-corrected chi connectivity index (χ3v) is 11.6. The van der Waals surface area contributed by atoms with Crippen LogP contribution in [0.4, 0.5) is 0 Å². The van der Waals surface area contributed by atoms with E-state index in [1.807, 2.05) is 11.3 Å². The number of fused-ring (bicyclic) bond motifs is 12. The summed E-state index contributed by atoms with van der Waals surface area (Å²) in [6, 6.07) is 30.6. The quantitative estimate of drug-likeness (QED) is 0.183. The minimum absolute atomic E-state index is 0.0714. The Morgan fingerprint density at radius 3 is 1.81 bits per heavy atom. The molecule has 1 heteroatoms. The Kier molecular flexibility index (Phi) is 5.31. The zero-order chi connectivity index (χ0) is 30.2. The molecule has 0 atom stereocenters. The molecule has 0 saturated heterocycles. The number of rotatable bonds is 1. The molecular weight excluding hydrogens is 537 g/mol. The second-order valence-corrected chi connectivity index (χ2v) is 16.2. The highest BCUT2D eigenvalue weighted by atomic mass is 32.1. The number of benzene rings is 5. The van der Waals surface area contributed by atoms with Crippen LogP contribution in [-0.4, -0.2) is 0 Å². The van der Waals surface area contributed by atoms with E-state index in [0.29, 0.717) is 0 Å². The Labute approximate surface area is 260 Å². The standard InChI is InChI=1S/C42H40S/c1-23-13-16-28-31(19-23)41(6,7)37-34(28)35-30-18-15-26(25-11-10-12-27(21-25)40(3,4)5)22-33(30)43-39(35)36-29-17-14-24(2)20-32(29)42(8,9)38(36)37/h10-22H,1-9H3. The first-order chi connectivity index (χ1) is 20.3. The van der Waals surface area contributed by atoms with E-state index in [1.165, 1.54) is 86.9 Å². The summed E-state index contributed by atoms with van der Waals surface area (Å²) in [5.41, 5.74) is 18.4. The zero-order valence-electron chi connectivity index (χ0n) is 26.9. The van der Waals surface area contributed by atoms with E-state index in [4.69, 9.17) is 0 Å². The van der Waals surface area contributed by atoms with Crippen molar-refractivity contribution in [3.63, 3.8) is 0 Å². The van der Waals surface area contributed by atoms with E-state index in [2.05, 4.69) is 141 Å². The van der Waals surface area contributed by atoms with Crippen LogP contribution < -0.4 is 0 Å². The summed E-state index contributed by atoms with van der Waals surface area (Å²) in [4.78, 5) is 0. The molecule has 0 unspecified atom stereocenters. The third-order valence-electron chi connectivity index (χ3n) is 10.5. The number of thiophene rings is 1. The molecule has 0 fully saturated rings. The number of hydrogen-bond donors (Lipinski definition) is 0. The van der Waals surface area contributed by atoms with Gasteiger partial charge < -0.3 is 0 Å². The van der Waals surface area contributed by atoms with Gasteiger partial charge in [-0.05, 0) is 81.0 Å². The van der Waals surface area contributed by atoms with E-state index in [9.17, 15) is 0 Å². The van der Waals surface area contributed by atoms with Crippen LogP contribution in [0.1, 0.15) is 87.4 Å². The molecule has 43 heavy (non-hydrogen) atoms. The van der Waals surface area contributed by atoms with Crippen molar-refractivity contribution in [2.45, 2.75) is 78.6 Å². The zero-order valence-corrected chi connectivity index (χ0v) is 27.7. The Hall–Kier alpha value is -3.68. The van der Waals surface area contributed by atoms with Crippen LogP contribution in [0.3, 0.4) is 0 Å². The summed E-state index contributed by atoms with van der Waals surface area (Å²) in [7, 11) is 0. The summed E-state index contributed by atoms with van der Waals surface area (Å²) in [6.45, 7) is 21.2. The average molecular weight is 577 g/mol. The molecule has 8 rings (SSSR count). The molecule has 0 radical (unpaired) electrons. The minimum Gasteiger partial charge on any atom is -0.134 e. The Bertz CT molecular complexity index is 2170. The lowest BCUT2D eigenvalue weighted by atomic mass is 9.72. The van der Waals surface area contributed by atoms with Crippen molar-refractivity contribution in [2.24, 2.45) is 0 Å². The molecule has 0 amide bonds. The second kappa shape index (κ2) is 8.48. The van der Waals surface area contributed by atoms with Crippen molar-refractivity contribution >= 4 is 31.5 Å². The van der Waals surface area contributed by atoms with Gasteiger partial charge >= 0.3 is 0 Å². The predicted octanol–water partition coefficient (Wildman–Crippen LogP) is 12.2. The fourth-order valence-electron chi connectivity index (χ4n) is 8.19. The van der Waals surface area contributed by atoms with Gasteiger partial charge in [0, 0.05) is 36.6 Å². The van der Waals surface area contributed by atoms with Gasteiger partial charge in [0.25, 0.3) is 0 Å². The van der Waals surface area contributed by atoms with Crippen molar-refractivity contribution in [3.8, 4) is 33.4 Å². The van der Waals surface area contributed by atoms with E-state index < -0.39 is 0 Å². The normalized spacial score (nSPS) is 15.9. The molecule has 0 bridgehead atoms. The van der Waals surface area contributed by atoms with Gasteiger partial charge in [-0.1, -0.05) is 132 Å². The van der Waals surface area contributed by atoms with Gasteiger partial charge in [0.05, 0.1) is 0 Å². The molecule has 0 N–H and O–H groups in total. The summed E-state index contributed by atoms with van der Waals surface area (Å²) in [5.74, 6) is 0. The lowest BCUT2D eigenvalue weighted by Crippen LogP contribution is -2.24. The van der Waals surface area contributed by atoms with Gasteiger partial charge in [0.2, 0.25) is 0 Å². The number of aryl methyl sites for hydroxylation is 2. The highest BCUT2D eigenvalue weighted by Gasteiger charge is 2.48. The molecule has 6 aromatic rings. The van der Waals surface area contributed by atoms with Crippen LogP contribution in [0.2, 0.25) is 0 Å². The average Bonchev–Trinajstić information content (AvgIpc) is 3.51. The van der Waals surface area contributed by atoms with Crippen LogP contribution in [-0.2, 0) is 16.2 Å². The molecule has 0 spiro atoms. The van der Waals surface area contributed by atoms with E-state index in [0.717, 1.165) is 0 Å². The predicted molar refractivity (Wildman–Crippen MR) is 188 cm³/mol. The maximum atomic E-state index is 2.46. The first-order valence-electron chi connectivity index (χ1n) is 15.7. The first-order valence-corrected chi connectivity index (χ1v) is 16.5. The molecule has 0 saturated carbocycles. The largest absolute Gasteiger partial charge is 0.134 e. The molecule has 2 aliphatic rings. The Morgan fingerprint density at radius 1 is 0.605 bits per heavy atom. The topological polar surface area (TPSA) is 0 Å². The smallest absolute Gasteiger partial charge is 0.0443 e. The monoisotopic (exact) mass is 576 g/mol. The number of hydrogen-bond acceptors (Lipinski definition) is 1. The van der Waals surface area contributed by atoms with Gasteiger partial charge in [-0.2, -0.15) is 0 Å². The molecule has 1 heterocycles. The van der Waals surface area contributed by atoms with Crippen LogP contribution in [0, 0.1) is 13.8 Å².